The molecule has 0 bridgehead atoms. The Hall–Kier alpha value is -2.69. The van der Waals surface area contributed by atoms with Crippen LogP contribution in [0.2, 0.25) is 0 Å². The number of hydrogen-bond donors (Lipinski definition) is 2. The number of benzene rings is 2. The summed E-state index contributed by atoms with van der Waals surface area (Å²) in [6, 6.07) is 8.66. The fourth-order valence-electron chi connectivity index (χ4n) is 2.11. The van der Waals surface area contributed by atoms with Crippen molar-refractivity contribution in [1.29, 1.82) is 0 Å². The fraction of sp³-hybridized carbons (Fsp3) is 0.125. The third-order valence-electron chi connectivity index (χ3n) is 3.17. The van der Waals surface area contributed by atoms with E-state index >= 15 is 0 Å². The molecule has 4 nitrogen and oxygen atoms in total. The number of rotatable bonds is 3. The minimum absolute atomic E-state index is 0.0896. The van der Waals surface area contributed by atoms with Gasteiger partial charge in [-0.2, -0.15) is 0 Å². The van der Waals surface area contributed by atoms with Crippen LogP contribution in [0.15, 0.2) is 36.4 Å². The average Bonchev–Trinajstić information content (AvgIpc) is 2.40. The van der Waals surface area contributed by atoms with E-state index in [1.165, 1.54) is 0 Å². The molecule has 0 spiro atoms. The molecule has 0 unspecified atom stereocenters. The van der Waals surface area contributed by atoms with Gasteiger partial charge in [0.25, 0.3) is 5.91 Å². The first-order valence-electron chi connectivity index (χ1n) is 6.30. The Morgan fingerprint density at radius 3 is 2.29 bits per heavy atom. The number of carboxylic acid groups (broad SMARTS) is 1. The van der Waals surface area contributed by atoms with Crippen molar-refractivity contribution in [3.63, 3.8) is 0 Å². The van der Waals surface area contributed by atoms with E-state index in [4.69, 9.17) is 5.11 Å². The van der Waals surface area contributed by atoms with E-state index in [-0.39, 0.29) is 11.3 Å². The Balaban J connectivity index is 2.36. The predicted molar refractivity (Wildman–Crippen MR) is 77.2 cm³/mol. The lowest BCUT2D eigenvalue weighted by Gasteiger charge is -2.11. The summed E-state index contributed by atoms with van der Waals surface area (Å²) in [6.07, 6.45) is 0. The van der Waals surface area contributed by atoms with Gasteiger partial charge in [-0.25, -0.2) is 9.18 Å². The molecular weight excluding hydrogens is 273 g/mol. The van der Waals surface area contributed by atoms with E-state index in [9.17, 15) is 14.0 Å². The summed E-state index contributed by atoms with van der Waals surface area (Å²) < 4.78 is 13.7. The standard InChI is InChI=1S/C16H14FNO3/c1-9-4-3-5-10(2)14(9)15(19)18-13-8-11(16(20)21)6-7-12(13)17/h3-8H,1-2H3,(H,18,19)(H,20,21). The lowest BCUT2D eigenvalue weighted by Crippen LogP contribution is -2.16. The first kappa shape index (κ1) is 14.7. The van der Waals surface area contributed by atoms with Gasteiger partial charge in [-0.05, 0) is 43.2 Å². The highest BCUT2D eigenvalue weighted by atomic mass is 19.1. The van der Waals surface area contributed by atoms with Gasteiger partial charge in [0.05, 0.1) is 11.3 Å². The van der Waals surface area contributed by atoms with Gasteiger partial charge >= 0.3 is 5.97 Å². The monoisotopic (exact) mass is 287 g/mol. The minimum Gasteiger partial charge on any atom is -0.478 e. The Labute approximate surface area is 121 Å². The number of aromatic carboxylic acids is 1. The predicted octanol–water partition coefficient (Wildman–Crippen LogP) is 3.39. The van der Waals surface area contributed by atoms with Crippen molar-refractivity contribution >= 4 is 17.6 Å². The Bertz CT molecular complexity index is 705. The summed E-state index contributed by atoms with van der Waals surface area (Å²) >= 11 is 0. The van der Waals surface area contributed by atoms with E-state index in [0.717, 1.165) is 29.3 Å². The molecule has 0 saturated carbocycles. The molecule has 2 N–H and O–H groups in total. The number of carboxylic acids is 1. The summed E-state index contributed by atoms with van der Waals surface area (Å²) in [4.78, 5) is 23.2. The lowest BCUT2D eigenvalue weighted by atomic mass is 10.0. The van der Waals surface area contributed by atoms with Crippen LogP contribution in [-0.4, -0.2) is 17.0 Å². The quantitative estimate of drug-likeness (QED) is 0.909. The molecule has 0 aliphatic rings. The maximum Gasteiger partial charge on any atom is 0.335 e. The smallest absolute Gasteiger partial charge is 0.335 e. The van der Waals surface area contributed by atoms with Crippen LogP contribution in [0.3, 0.4) is 0 Å². The van der Waals surface area contributed by atoms with Crippen LogP contribution in [0, 0.1) is 19.7 Å². The second-order valence-corrected chi connectivity index (χ2v) is 4.72. The number of hydrogen-bond acceptors (Lipinski definition) is 2. The molecule has 0 radical (unpaired) electrons. The Kier molecular flexibility index (Phi) is 4.03. The van der Waals surface area contributed by atoms with Crippen molar-refractivity contribution in [3.8, 4) is 0 Å². The van der Waals surface area contributed by atoms with Gasteiger partial charge in [0.2, 0.25) is 0 Å². The van der Waals surface area contributed by atoms with Crippen molar-refractivity contribution in [3.05, 3.63) is 64.5 Å². The van der Waals surface area contributed by atoms with Crippen molar-refractivity contribution < 1.29 is 19.1 Å². The van der Waals surface area contributed by atoms with Crippen LogP contribution in [0.25, 0.3) is 0 Å². The maximum absolute atomic E-state index is 13.7. The van der Waals surface area contributed by atoms with Gasteiger partial charge in [-0.3, -0.25) is 4.79 Å². The van der Waals surface area contributed by atoms with Gasteiger partial charge in [0.1, 0.15) is 5.82 Å². The maximum atomic E-state index is 13.7. The minimum atomic E-state index is -1.18. The van der Waals surface area contributed by atoms with Gasteiger partial charge in [-0.15, -0.1) is 0 Å². The zero-order chi connectivity index (χ0) is 15.6. The normalized spacial score (nSPS) is 10.2. The zero-order valence-corrected chi connectivity index (χ0v) is 11.6. The first-order valence-corrected chi connectivity index (χ1v) is 6.30. The van der Waals surface area contributed by atoms with Crippen molar-refractivity contribution in [2.45, 2.75) is 13.8 Å². The van der Waals surface area contributed by atoms with Gasteiger partial charge < -0.3 is 10.4 Å². The first-order chi connectivity index (χ1) is 9.90. The number of amides is 1. The van der Waals surface area contributed by atoms with Gasteiger partial charge in [0.15, 0.2) is 0 Å². The number of halogens is 1. The number of nitrogens with one attached hydrogen (secondary N) is 1. The second-order valence-electron chi connectivity index (χ2n) is 4.72. The van der Waals surface area contributed by atoms with Crippen LogP contribution in [0.5, 0.6) is 0 Å². The zero-order valence-electron chi connectivity index (χ0n) is 11.6. The molecule has 5 heteroatoms. The molecule has 0 aliphatic heterocycles. The highest BCUT2D eigenvalue weighted by Gasteiger charge is 2.15. The average molecular weight is 287 g/mol. The molecule has 0 aliphatic carbocycles. The topological polar surface area (TPSA) is 66.4 Å². The van der Waals surface area contributed by atoms with E-state index in [2.05, 4.69) is 5.32 Å². The van der Waals surface area contributed by atoms with Crippen molar-refractivity contribution in [1.82, 2.24) is 0 Å². The van der Waals surface area contributed by atoms with E-state index in [1.807, 2.05) is 6.07 Å². The van der Waals surface area contributed by atoms with Crippen LogP contribution in [-0.2, 0) is 0 Å². The molecule has 0 atom stereocenters. The molecule has 0 aromatic heterocycles. The molecule has 21 heavy (non-hydrogen) atoms. The summed E-state index contributed by atoms with van der Waals surface area (Å²) in [7, 11) is 0. The summed E-state index contributed by atoms with van der Waals surface area (Å²) in [5.41, 5.74) is 1.75. The van der Waals surface area contributed by atoms with Crippen LogP contribution in [0.4, 0.5) is 10.1 Å². The summed E-state index contributed by atoms with van der Waals surface area (Å²) in [5.74, 6) is -2.33. The second kappa shape index (κ2) is 5.75. The number of aryl methyl sites for hydroxylation is 2. The largest absolute Gasteiger partial charge is 0.478 e. The summed E-state index contributed by atoms with van der Waals surface area (Å²) in [5, 5.41) is 11.3. The number of carbonyl (C=O) groups is 2. The van der Waals surface area contributed by atoms with Crippen LogP contribution < -0.4 is 5.32 Å². The molecule has 1 amide bonds. The SMILES string of the molecule is Cc1cccc(C)c1C(=O)Nc1cc(C(=O)O)ccc1F. The van der Waals surface area contributed by atoms with E-state index < -0.39 is 17.7 Å². The highest BCUT2D eigenvalue weighted by Crippen LogP contribution is 2.20. The third-order valence-corrected chi connectivity index (χ3v) is 3.17. The Morgan fingerprint density at radius 2 is 1.71 bits per heavy atom. The molecular formula is C16H14FNO3. The van der Waals surface area contributed by atoms with Gasteiger partial charge in [0, 0.05) is 5.56 Å². The van der Waals surface area contributed by atoms with E-state index in [1.54, 1.807) is 26.0 Å². The highest BCUT2D eigenvalue weighted by molar-refractivity contribution is 6.06. The lowest BCUT2D eigenvalue weighted by molar-refractivity contribution is 0.0696. The molecule has 2 aromatic carbocycles. The summed E-state index contributed by atoms with van der Waals surface area (Å²) in [6.45, 7) is 3.57. The molecule has 0 saturated heterocycles. The van der Waals surface area contributed by atoms with Crippen LogP contribution >= 0.6 is 0 Å². The molecule has 2 aromatic rings. The van der Waals surface area contributed by atoms with Crippen LogP contribution in [0.1, 0.15) is 31.8 Å². The van der Waals surface area contributed by atoms with E-state index in [0.29, 0.717) is 5.56 Å². The number of carbonyl (C=O) groups excluding carboxylic acids is 1. The number of anilines is 1. The van der Waals surface area contributed by atoms with Crippen molar-refractivity contribution in [2.75, 3.05) is 5.32 Å². The van der Waals surface area contributed by atoms with Crippen molar-refractivity contribution in [2.24, 2.45) is 0 Å². The molecule has 108 valence electrons. The van der Waals surface area contributed by atoms with Gasteiger partial charge in [-0.1, -0.05) is 18.2 Å². The molecule has 0 fully saturated rings. The molecule has 0 heterocycles. The third kappa shape index (κ3) is 3.08. The molecule has 2 rings (SSSR count). The Morgan fingerprint density at radius 1 is 1.10 bits per heavy atom. The fourth-order valence-corrected chi connectivity index (χ4v) is 2.11.